The molecule has 0 fully saturated rings. The van der Waals surface area contributed by atoms with Crippen LogP contribution < -0.4 is 0 Å². The Balaban J connectivity index is 2.70. The van der Waals surface area contributed by atoms with Crippen LogP contribution in [0.2, 0.25) is 0 Å². The van der Waals surface area contributed by atoms with Gasteiger partial charge in [0.1, 0.15) is 10.9 Å². The molecule has 5 nitrogen and oxygen atoms in total. The van der Waals surface area contributed by atoms with Gasteiger partial charge in [0.05, 0.1) is 6.20 Å². The van der Waals surface area contributed by atoms with Gasteiger partial charge in [0.2, 0.25) is 0 Å². The number of aromatic nitrogens is 5. The van der Waals surface area contributed by atoms with E-state index < -0.39 is 0 Å². The highest BCUT2D eigenvalue weighted by atomic mass is 79.9. The number of hydrogen-bond donors (Lipinski definition) is 0. The van der Waals surface area contributed by atoms with Crippen molar-refractivity contribution in [3.63, 3.8) is 0 Å². The molecule has 0 unspecified atom stereocenters. The lowest BCUT2D eigenvalue weighted by atomic mass is 10.5. The molecular weight excluding hydrogens is 234 g/mol. The van der Waals surface area contributed by atoms with Crippen molar-refractivity contribution in [1.29, 1.82) is 0 Å². The van der Waals surface area contributed by atoms with E-state index in [0.29, 0.717) is 0 Å². The van der Waals surface area contributed by atoms with Gasteiger partial charge in [-0.05, 0) is 28.1 Å². The van der Waals surface area contributed by atoms with Gasteiger partial charge in [-0.25, -0.2) is 14.0 Å². The number of fused-ring (bicyclic) bond motifs is 3. The molecule has 0 spiro atoms. The molecule has 0 aromatic carbocycles. The Kier molecular flexibility index (Phi) is 1.24. The van der Waals surface area contributed by atoms with Crippen molar-refractivity contribution >= 4 is 27.2 Å². The normalized spacial score (nSPS) is 11.5. The van der Waals surface area contributed by atoms with Crippen LogP contribution in [0.15, 0.2) is 29.3 Å². The third kappa shape index (κ3) is 0.831. The van der Waals surface area contributed by atoms with Crippen LogP contribution in [-0.2, 0) is 0 Å². The van der Waals surface area contributed by atoms with Gasteiger partial charge in [-0.1, -0.05) is 0 Å². The van der Waals surface area contributed by atoms with E-state index in [1.807, 2.05) is 21.2 Å². The first kappa shape index (κ1) is 7.02. The highest BCUT2D eigenvalue weighted by Crippen LogP contribution is 2.13. The lowest BCUT2D eigenvalue weighted by Crippen LogP contribution is -1.98. The maximum atomic E-state index is 4.19. The summed E-state index contributed by atoms with van der Waals surface area (Å²) in [5, 5.41) is 7.75. The summed E-state index contributed by atoms with van der Waals surface area (Å²) in [5.41, 5.74) is 1.66. The molecule has 0 bridgehead atoms. The Morgan fingerprint density at radius 3 is 3.00 bits per heavy atom. The number of nitrogens with zero attached hydrogens (tertiary/aromatic N) is 5. The van der Waals surface area contributed by atoms with E-state index in [1.165, 1.54) is 0 Å². The number of imidazole rings is 1. The van der Waals surface area contributed by atoms with Gasteiger partial charge >= 0.3 is 0 Å². The van der Waals surface area contributed by atoms with E-state index in [-0.39, 0.29) is 0 Å². The van der Waals surface area contributed by atoms with Crippen molar-refractivity contribution < 1.29 is 0 Å². The summed E-state index contributed by atoms with van der Waals surface area (Å²) in [4.78, 5) is 4.19. The zero-order chi connectivity index (χ0) is 8.84. The van der Waals surface area contributed by atoms with Crippen molar-refractivity contribution in [2.24, 2.45) is 0 Å². The minimum absolute atomic E-state index is 0.797. The summed E-state index contributed by atoms with van der Waals surface area (Å²) in [6.07, 6.45) is 3.39. The van der Waals surface area contributed by atoms with Gasteiger partial charge in [0.15, 0.2) is 11.3 Å². The maximum absolute atomic E-state index is 4.19. The van der Waals surface area contributed by atoms with Crippen LogP contribution in [0.25, 0.3) is 11.3 Å². The number of hydrogen-bond acceptors (Lipinski definition) is 3. The average molecular weight is 238 g/mol. The van der Waals surface area contributed by atoms with Crippen molar-refractivity contribution in [2.45, 2.75) is 0 Å². The predicted molar refractivity (Wildman–Crippen MR) is 49.4 cm³/mol. The van der Waals surface area contributed by atoms with E-state index in [1.54, 1.807) is 12.5 Å². The summed E-state index contributed by atoms with van der Waals surface area (Å²) in [5.74, 6) is 0. The van der Waals surface area contributed by atoms with Crippen LogP contribution in [0.4, 0.5) is 0 Å². The quantitative estimate of drug-likeness (QED) is 0.590. The van der Waals surface area contributed by atoms with Gasteiger partial charge in [-0.3, -0.25) is 0 Å². The first-order chi connectivity index (χ1) is 6.36. The standard InChI is InChI=1S/C7H4BrN5/c8-5-3-9-6-1-2-7-11-10-4-12(7)13(5)6/h1-4H. The van der Waals surface area contributed by atoms with E-state index in [9.17, 15) is 0 Å². The van der Waals surface area contributed by atoms with Crippen molar-refractivity contribution in [2.75, 3.05) is 0 Å². The highest BCUT2D eigenvalue weighted by molar-refractivity contribution is 9.10. The zero-order valence-electron chi connectivity index (χ0n) is 6.42. The second-order valence-corrected chi connectivity index (χ2v) is 3.43. The fourth-order valence-electron chi connectivity index (χ4n) is 1.32. The molecular formula is C7H4BrN5. The van der Waals surface area contributed by atoms with Crippen molar-refractivity contribution in [1.82, 2.24) is 24.2 Å². The molecule has 3 heterocycles. The van der Waals surface area contributed by atoms with Crippen molar-refractivity contribution in [3.8, 4) is 0 Å². The SMILES string of the molecule is Brc1cnc2ccc3nncn3n12. The predicted octanol–water partition coefficient (Wildman–Crippen LogP) is 1.14. The highest BCUT2D eigenvalue weighted by Gasteiger charge is 2.04. The Hall–Kier alpha value is -1.43. The van der Waals surface area contributed by atoms with E-state index in [2.05, 4.69) is 31.1 Å². The first-order valence-corrected chi connectivity index (χ1v) is 4.47. The molecule has 0 saturated carbocycles. The molecule has 3 rings (SSSR count). The second kappa shape index (κ2) is 2.29. The van der Waals surface area contributed by atoms with Gasteiger partial charge < -0.3 is 0 Å². The Bertz CT molecular complexity index is 581. The number of halogens is 1. The summed E-state index contributed by atoms with van der Waals surface area (Å²) in [6.45, 7) is 0. The van der Waals surface area contributed by atoms with Crippen LogP contribution in [0.1, 0.15) is 0 Å². The fourth-order valence-corrected chi connectivity index (χ4v) is 1.77. The molecule has 0 N–H and O–H groups in total. The molecule has 0 saturated heterocycles. The van der Waals surface area contributed by atoms with Crippen molar-refractivity contribution in [3.05, 3.63) is 29.3 Å². The second-order valence-electron chi connectivity index (χ2n) is 2.62. The lowest BCUT2D eigenvalue weighted by molar-refractivity contribution is 0.832. The molecule has 13 heavy (non-hydrogen) atoms. The molecule has 0 amide bonds. The van der Waals surface area contributed by atoms with Gasteiger partial charge in [-0.2, -0.15) is 0 Å². The Morgan fingerprint density at radius 2 is 2.08 bits per heavy atom. The molecule has 0 atom stereocenters. The largest absolute Gasteiger partial charge is 0.234 e. The topological polar surface area (TPSA) is 47.5 Å². The smallest absolute Gasteiger partial charge is 0.176 e. The Labute approximate surface area is 81.1 Å². The minimum Gasteiger partial charge on any atom is -0.234 e. The maximum Gasteiger partial charge on any atom is 0.176 e. The Morgan fingerprint density at radius 1 is 1.23 bits per heavy atom. The molecule has 0 aliphatic carbocycles. The van der Waals surface area contributed by atoms with E-state index in [0.717, 1.165) is 15.9 Å². The summed E-state index contributed by atoms with van der Waals surface area (Å²) in [7, 11) is 0. The third-order valence-electron chi connectivity index (χ3n) is 1.88. The van der Waals surface area contributed by atoms with Gasteiger partial charge in [0, 0.05) is 0 Å². The van der Waals surface area contributed by atoms with Crippen LogP contribution in [0.3, 0.4) is 0 Å². The lowest BCUT2D eigenvalue weighted by Gasteiger charge is -1.98. The summed E-state index contributed by atoms with van der Waals surface area (Å²) in [6, 6.07) is 3.77. The summed E-state index contributed by atoms with van der Waals surface area (Å²) < 4.78 is 4.59. The number of rotatable bonds is 0. The van der Waals surface area contributed by atoms with Crippen LogP contribution in [-0.4, -0.2) is 24.2 Å². The zero-order valence-corrected chi connectivity index (χ0v) is 8.01. The van der Waals surface area contributed by atoms with Gasteiger partial charge in [0.25, 0.3) is 0 Å². The molecule has 3 aromatic heterocycles. The summed E-state index contributed by atoms with van der Waals surface area (Å²) >= 11 is 3.40. The minimum atomic E-state index is 0.797. The molecule has 64 valence electrons. The molecule has 0 aliphatic rings. The monoisotopic (exact) mass is 237 g/mol. The average Bonchev–Trinajstić information content (AvgIpc) is 2.70. The molecule has 0 radical (unpaired) electrons. The molecule has 3 aromatic rings. The third-order valence-corrected chi connectivity index (χ3v) is 2.42. The van der Waals surface area contributed by atoms with Gasteiger partial charge in [-0.15, -0.1) is 10.2 Å². The first-order valence-electron chi connectivity index (χ1n) is 3.68. The van der Waals surface area contributed by atoms with Crippen LogP contribution >= 0.6 is 15.9 Å². The fraction of sp³-hybridized carbons (Fsp3) is 0. The molecule has 6 heteroatoms. The van der Waals surface area contributed by atoms with E-state index in [4.69, 9.17) is 0 Å². The van der Waals surface area contributed by atoms with Crippen LogP contribution in [0.5, 0.6) is 0 Å². The molecule has 0 aliphatic heterocycles. The van der Waals surface area contributed by atoms with Crippen LogP contribution in [0, 0.1) is 0 Å². The van der Waals surface area contributed by atoms with E-state index >= 15 is 0 Å².